The Morgan fingerprint density at radius 1 is 1.11 bits per heavy atom. The molecule has 0 bridgehead atoms. The van der Waals surface area contributed by atoms with Gasteiger partial charge in [-0.2, -0.15) is 5.10 Å². The van der Waals surface area contributed by atoms with Crippen molar-refractivity contribution in [3.05, 3.63) is 65.7 Å². The molecule has 0 saturated carbocycles. The summed E-state index contributed by atoms with van der Waals surface area (Å²) in [5, 5.41) is 4.32. The van der Waals surface area contributed by atoms with Gasteiger partial charge in [-0.3, -0.25) is 4.72 Å². The van der Waals surface area contributed by atoms with Crippen molar-refractivity contribution < 1.29 is 17.5 Å². The standard InChI is InChI=1S/C19H20FN3O3S/c1-4-26-18-8-6-5-7-17(18)22-27(24,25)19-13(2)21-23(14(19)3)16-11-9-15(20)10-12-16/h5-12,22H,4H2,1-3H3. The molecule has 0 aliphatic heterocycles. The number of ether oxygens (including phenoxy) is 1. The molecule has 27 heavy (non-hydrogen) atoms. The van der Waals surface area contributed by atoms with Crippen LogP contribution in [0.2, 0.25) is 0 Å². The summed E-state index contributed by atoms with van der Waals surface area (Å²) >= 11 is 0. The molecule has 0 aliphatic rings. The lowest BCUT2D eigenvalue weighted by Crippen LogP contribution is -2.15. The molecule has 0 radical (unpaired) electrons. The lowest BCUT2D eigenvalue weighted by Gasteiger charge is -2.13. The van der Waals surface area contributed by atoms with E-state index in [1.807, 2.05) is 6.92 Å². The number of hydrogen-bond acceptors (Lipinski definition) is 4. The maximum atomic E-state index is 13.2. The summed E-state index contributed by atoms with van der Waals surface area (Å²) < 4.78 is 48.8. The monoisotopic (exact) mass is 389 g/mol. The third-order valence-electron chi connectivity index (χ3n) is 4.00. The van der Waals surface area contributed by atoms with E-state index in [2.05, 4.69) is 9.82 Å². The van der Waals surface area contributed by atoms with Crippen LogP contribution in [0.25, 0.3) is 5.69 Å². The van der Waals surface area contributed by atoms with Gasteiger partial charge in [-0.1, -0.05) is 12.1 Å². The third kappa shape index (κ3) is 3.80. The maximum absolute atomic E-state index is 13.2. The number of anilines is 1. The van der Waals surface area contributed by atoms with Crippen LogP contribution in [0.3, 0.4) is 0 Å². The first kappa shape index (κ1) is 18.9. The minimum absolute atomic E-state index is 0.0816. The molecule has 3 rings (SSSR count). The Labute approximate surface area is 157 Å². The van der Waals surface area contributed by atoms with Crippen LogP contribution in [-0.4, -0.2) is 24.8 Å². The number of nitrogens with one attached hydrogen (secondary N) is 1. The molecule has 1 N–H and O–H groups in total. The summed E-state index contributed by atoms with van der Waals surface area (Å²) in [5.74, 6) is 0.0760. The van der Waals surface area contributed by atoms with Crippen LogP contribution < -0.4 is 9.46 Å². The number of rotatable bonds is 6. The largest absolute Gasteiger partial charge is 0.492 e. The fraction of sp³-hybridized carbons (Fsp3) is 0.211. The number of aromatic nitrogens is 2. The van der Waals surface area contributed by atoms with Gasteiger partial charge in [0.05, 0.1) is 29.4 Å². The molecule has 0 amide bonds. The molecule has 1 aromatic heterocycles. The van der Waals surface area contributed by atoms with E-state index < -0.39 is 10.0 Å². The number of para-hydroxylation sites is 2. The van der Waals surface area contributed by atoms with E-state index in [1.54, 1.807) is 50.2 Å². The Morgan fingerprint density at radius 3 is 2.44 bits per heavy atom. The molecule has 0 spiro atoms. The van der Waals surface area contributed by atoms with Crippen molar-refractivity contribution in [2.24, 2.45) is 0 Å². The summed E-state index contributed by atoms with van der Waals surface area (Å²) in [6.45, 7) is 5.52. The van der Waals surface area contributed by atoms with E-state index in [-0.39, 0.29) is 10.7 Å². The summed E-state index contributed by atoms with van der Waals surface area (Å²) in [6, 6.07) is 12.5. The number of nitrogens with zero attached hydrogens (tertiary/aromatic N) is 2. The van der Waals surface area contributed by atoms with E-state index in [0.29, 0.717) is 35.1 Å². The molecule has 2 aromatic carbocycles. The van der Waals surface area contributed by atoms with E-state index in [1.165, 1.54) is 16.8 Å². The second-order valence-electron chi connectivity index (χ2n) is 5.92. The van der Waals surface area contributed by atoms with E-state index in [9.17, 15) is 12.8 Å². The Kier molecular flexibility index (Phi) is 5.18. The van der Waals surface area contributed by atoms with Crippen molar-refractivity contribution in [3.63, 3.8) is 0 Å². The minimum Gasteiger partial charge on any atom is -0.492 e. The first-order valence-corrected chi connectivity index (χ1v) is 9.88. The van der Waals surface area contributed by atoms with Crippen molar-refractivity contribution in [3.8, 4) is 11.4 Å². The number of sulfonamides is 1. The van der Waals surface area contributed by atoms with Gasteiger partial charge >= 0.3 is 0 Å². The van der Waals surface area contributed by atoms with Gasteiger partial charge in [0.25, 0.3) is 10.0 Å². The number of benzene rings is 2. The molecule has 0 saturated heterocycles. The van der Waals surface area contributed by atoms with E-state index >= 15 is 0 Å². The molecule has 0 fully saturated rings. The Balaban J connectivity index is 2.02. The van der Waals surface area contributed by atoms with Crippen molar-refractivity contribution >= 4 is 15.7 Å². The molecule has 142 valence electrons. The van der Waals surface area contributed by atoms with E-state index in [4.69, 9.17) is 4.74 Å². The highest BCUT2D eigenvalue weighted by Crippen LogP contribution is 2.29. The number of aryl methyl sites for hydroxylation is 1. The van der Waals surface area contributed by atoms with Crippen LogP contribution in [0.5, 0.6) is 5.75 Å². The van der Waals surface area contributed by atoms with Crippen LogP contribution in [0.15, 0.2) is 53.4 Å². The molecule has 3 aromatic rings. The highest BCUT2D eigenvalue weighted by molar-refractivity contribution is 7.92. The van der Waals surface area contributed by atoms with Gasteiger partial charge < -0.3 is 4.74 Å². The van der Waals surface area contributed by atoms with Crippen molar-refractivity contribution in [2.75, 3.05) is 11.3 Å². The Hall–Kier alpha value is -2.87. The van der Waals surface area contributed by atoms with Crippen LogP contribution in [0.1, 0.15) is 18.3 Å². The average molecular weight is 389 g/mol. The smallest absolute Gasteiger partial charge is 0.265 e. The molecule has 8 heteroatoms. The van der Waals surface area contributed by atoms with Gasteiger partial charge in [-0.05, 0) is 57.2 Å². The molecule has 1 heterocycles. The summed E-state index contributed by atoms with van der Waals surface area (Å²) in [6.07, 6.45) is 0. The lowest BCUT2D eigenvalue weighted by molar-refractivity contribution is 0.342. The lowest BCUT2D eigenvalue weighted by atomic mass is 10.3. The summed E-state index contributed by atoms with van der Waals surface area (Å²) in [4.78, 5) is 0.0816. The van der Waals surface area contributed by atoms with Crippen LogP contribution >= 0.6 is 0 Å². The molecular weight excluding hydrogens is 369 g/mol. The second-order valence-corrected chi connectivity index (χ2v) is 7.54. The van der Waals surface area contributed by atoms with E-state index in [0.717, 1.165) is 0 Å². The first-order chi connectivity index (χ1) is 12.8. The van der Waals surface area contributed by atoms with Gasteiger partial charge in [0.1, 0.15) is 16.5 Å². The Morgan fingerprint density at radius 2 is 1.78 bits per heavy atom. The van der Waals surface area contributed by atoms with Gasteiger partial charge in [-0.15, -0.1) is 0 Å². The second kappa shape index (κ2) is 7.40. The van der Waals surface area contributed by atoms with Crippen molar-refractivity contribution in [1.82, 2.24) is 9.78 Å². The predicted molar refractivity (Wildman–Crippen MR) is 101 cm³/mol. The van der Waals surface area contributed by atoms with Gasteiger partial charge in [0, 0.05) is 0 Å². The summed E-state index contributed by atoms with van der Waals surface area (Å²) in [7, 11) is -3.90. The molecule has 0 unspecified atom stereocenters. The van der Waals surface area contributed by atoms with Gasteiger partial charge in [0.2, 0.25) is 0 Å². The van der Waals surface area contributed by atoms with Crippen LogP contribution in [-0.2, 0) is 10.0 Å². The van der Waals surface area contributed by atoms with Crippen molar-refractivity contribution in [2.45, 2.75) is 25.7 Å². The minimum atomic E-state index is -3.90. The number of halogens is 1. The highest BCUT2D eigenvalue weighted by atomic mass is 32.2. The van der Waals surface area contributed by atoms with Gasteiger partial charge in [0.15, 0.2) is 0 Å². The average Bonchev–Trinajstić information content (AvgIpc) is 2.92. The Bertz CT molecular complexity index is 1060. The normalized spacial score (nSPS) is 11.4. The van der Waals surface area contributed by atoms with Crippen LogP contribution in [0.4, 0.5) is 10.1 Å². The van der Waals surface area contributed by atoms with Crippen LogP contribution in [0, 0.1) is 19.7 Å². The fourth-order valence-corrected chi connectivity index (χ4v) is 4.34. The topological polar surface area (TPSA) is 73.2 Å². The zero-order valence-electron chi connectivity index (χ0n) is 15.2. The molecule has 0 atom stereocenters. The zero-order chi connectivity index (χ0) is 19.6. The highest BCUT2D eigenvalue weighted by Gasteiger charge is 2.26. The first-order valence-electron chi connectivity index (χ1n) is 8.40. The predicted octanol–water partition coefficient (Wildman–Crippen LogP) is 3.83. The molecule has 6 nitrogen and oxygen atoms in total. The third-order valence-corrected chi connectivity index (χ3v) is 5.61. The van der Waals surface area contributed by atoms with Crippen molar-refractivity contribution in [1.29, 1.82) is 0 Å². The quantitative estimate of drug-likeness (QED) is 0.695. The molecular formula is C19H20FN3O3S. The van der Waals surface area contributed by atoms with Gasteiger partial charge in [-0.25, -0.2) is 17.5 Å². The number of hydrogen-bond donors (Lipinski definition) is 1. The maximum Gasteiger partial charge on any atom is 0.265 e. The fourth-order valence-electron chi connectivity index (χ4n) is 2.88. The summed E-state index contributed by atoms with van der Waals surface area (Å²) in [5.41, 5.74) is 1.71. The zero-order valence-corrected chi connectivity index (χ0v) is 16.0. The molecule has 0 aliphatic carbocycles. The SMILES string of the molecule is CCOc1ccccc1NS(=O)(=O)c1c(C)nn(-c2ccc(F)cc2)c1C.